The number of halogens is 1. The third-order valence-corrected chi connectivity index (χ3v) is 3.37. The van der Waals surface area contributed by atoms with Gasteiger partial charge in [0.25, 0.3) is 0 Å². The summed E-state index contributed by atoms with van der Waals surface area (Å²) >= 11 is 0. The average Bonchev–Trinajstić information content (AvgIpc) is 2.33. The van der Waals surface area contributed by atoms with E-state index in [-0.39, 0.29) is 5.69 Å². The molecule has 1 saturated heterocycles. The number of piperidine rings is 1. The Morgan fingerprint density at radius 1 is 1.47 bits per heavy atom. The number of benzene rings is 1. The van der Waals surface area contributed by atoms with Gasteiger partial charge in [-0.15, -0.1) is 0 Å². The Balaban J connectivity index is 1.95. The van der Waals surface area contributed by atoms with Crippen molar-refractivity contribution in [1.82, 2.24) is 4.90 Å². The van der Waals surface area contributed by atoms with Crippen LogP contribution in [0.15, 0.2) is 18.2 Å². The molecule has 0 radical (unpaired) electrons. The Morgan fingerprint density at radius 3 is 3.06 bits per heavy atom. The monoisotopic (exact) mass is 238 g/mol. The molecule has 17 heavy (non-hydrogen) atoms. The van der Waals surface area contributed by atoms with Gasteiger partial charge in [-0.1, -0.05) is 12.5 Å². The number of nitrogens with two attached hydrogens (primary N) is 1. The van der Waals surface area contributed by atoms with Crippen molar-refractivity contribution in [1.29, 1.82) is 0 Å². The van der Waals surface area contributed by atoms with Crippen LogP contribution in [0.3, 0.4) is 0 Å². The quantitative estimate of drug-likeness (QED) is 0.821. The second-order valence-electron chi connectivity index (χ2n) is 4.59. The molecule has 2 rings (SSSR count). The van der Waals surface area contributed by atoms with Gasteiger partial charge < -0.3 is 15.4 Å². The standard InChI is InChI=1S/C13H19FN2O/c1-16-8-3-2-5-10(16)9-17-12-7-4-6-11(14)13(12)15/h4,6-7,10H,2-3,5,8-9,15H2,1H3. The Labute approximate surface area is 101 Å². The van der Waals surface area contributed by atoms with E-state index >= 15 is 0 Å². The minimum Gasteiger partial charge on any atom is -0.490 e. The molecule has 0 aromatic heterocycles. The first kappa shape index (κ1) is 12.2. The van der Waals surface area contributed by atoms with E-state index in [2.05, 4.69) is 11.9 Å². The summed E-state index contributed by atoms with van der Waals surface area (Å²) < 4.78 is 18.8. The van der Waals surface area contributed by atoms with Crippen molar-refractivity contribution < 1.29 is 9.13 Å². The van der Waals surface area contributed by atoms with E-state index in [1.54, 1.807) is 12.1 Å². The van der Waals surface area contributed by atoms with Gasteiger partial charge in [0.1, 0.15) is 23.9 Å². The van der Waals surface area contributed by atoms with Crippen LogP contribution in [0.2, 0.25) is 0 Å². The number of nitrogen functional groups attached to an aromatic ring is 1. The summed E-state index contributed by atoms with van der Waals surface area (Å²) in [4.78, 5) is 2.29. The zero-order valence-electron chi connectivity index (χ0n) is 10.2. The van der Waals surface area contributed by atoms with Gasteiger partial charge in [-0.25, -0.2) is 4.39 Å². The fourth-order valence-corrected chi connectivity index (χ4v) is 2.18. The van der Waals surface area contributed by atoms with Crippen LogP contribution in [-0.4, -0.2) is 31.1 Å². The molecule has 0 aliphatic carbocycles. The van der Waals surface area contributed by atoms with Crippen LogP contribution in [0.25, 0.3) is 0 Å². The van der Waals surface area contributed by atoms with Crippen LogP contribution in [0.4, 0.5) is 10.1 Å². The highest BCUT2D eigenvalue weighted by Crippen LogP contribution is 2.25. The summed E-state index contributed by atoms with van der Waals surface area (Å²) in [6.45, 7) is 1.68. The van der Waals surface area contributed by atoms with Gasteiger partial charge in [-0.2, -0.15) is 0 Å². The van der Waals surface area contributed by atoms with Crippen LogP contribution in [0.5, 0.6) is 5.75 Å². The number of ether oxygens (including phenoxy) is 1. The van der Waals surface area contributed by atoms with Crippen molar-refractivity contribution in [2.75, 3.05) is 25.9 Å². The largest absolute Gasteiger partial charge is 0.490 e. The molecule has 1 fully saturated rings. The second kappa shape index (κ2) is 5.36. The number of hydrogen-bond acceptors (Lipinski definition) is 3. The molecule has 1 unspecified atom stereocenters. The van der Waals surface area contributed by atoms with Crippen LogP contribution < -0.4 is 10.5 Å². The number of anilines is 1. The van der Waals surface area contributed by atoms with E-state index in [1.807, 2.05) is 0 Å². The van der Waals surface area contributed by atoms with Crippen LogP contribution >= 0.6 is 0 Å². The maximum absolute atomic E-state index is 13.2. The highest BCUT2D eigenvalue weighted by Gasteiger charge is 2.19. The van der Waals surface area contributed by atoms with Crippen LogP contribution in [0, 0.1) is 5.82 Å². The lowest BCUT2D eigenvalue weighted by Gasteiger charge is -2.32. The number of para-hydroxylation sites is 1. The van der Waals surface area contributed by atoms with Crippen molar-refractivity contribution in [2.24, 2.45) is 0 Å². The third kappa shape index (κ3) is 2.88. The molecule has 1 aliphatic heterocycles. The van der Waals surface area contributed by atoms with Crippen molar-refractivity contribution in [3.63, 3.8) is 0 Å². The lowest BCUT2D eigenvalue weighted by molar-refractivity contribution is 0.125. The summed E-state index contributed by atoms with van der Waals surface area (Å²) in [5.41, 5.74) is 5.72. The smallest absolute Gasteiger partial charge is 0.149 e. The molecular weight excluding hydrogens is 219 g/mol. The minimum atomic E-state index is -0.417. The molecule has 0 amide bonds. The molecule has 0 bridgehead atoms. The molecule has 1 aromatic rings. The first-order valence-electron chi connectivity index (χ1n) is 6.05. The molecule has 1 heterocycles. The Hall–Kier alpha value is -1.29. The second-order valence-corrected chi connectivity index (χ2v) is 4.59. The molecular formula is C13H19FN2O. The van der Waals surface area contributed by atoms with Crippen molar-refractivity contribution >= 4 is 5.69 Å². The number of likely N-dealkylation sites (tertiary alicyclic amines) is 1. The first-order chi connectivity index (χ1) is 8.18. The summed E-state index contributed by atoms with van der Waals surface area (Å²) in [6, 6.07) is 5.08. The molecule has 3 nitrogen and oxygen atoms in total. The van der Waals surface area contributed by atoms with Gasteiger partial charge >= 0.3 is 0 Å². The number of likely N-dealkylation sites (N-methyl/N-ethyl adjacent to an activating group) is 1. The van der Waals surface area contributed by atoms with Crippen molar-refractivity contribution in [2.45, 2.75) is 25.3 Å². The van der Waals surface area contributed by atoms with E-state index in [0.29, 0.717) is 18.4 Å². The number of hydrogen-bond donors (Lipinski definition) is 1. The van der Waals surface area contributed by atoms with Gasteiger partial charge in [0.15, 0.2) is 0 Å². The first-order valence-corrected chi connectivity index (χ1v) is 6.05. The van der Waals surface area contributed by atoms with Gasteiger partial charge in [0, 0.05) is 6.04 Å². The lowest BCUT2D eigenvalue weighted by Crippen LogP contribution is -2.40. The average molecular weight is 238 g/mol. The lowest BCUT2D eigenvalue weighted by atomic mass is 10.0. The molecule has 1 atom stereocenters. The van der Waals surface area contributed by atoms with Crippen molar-refractivity contribution in [3.8, 4) is 5.75 Å². The third-order valence-electron chi connectivity index (χ3n) is 3.37. The number of nitrogens with zero attached hydrogens (tertiary/aromatic N) is 1. The molecule has 0 saturated carbocycles. The van der Waals surface area contributed by atoms with E-state index < -0.39 is 5.82 Å². The maximum Gasteiger partial charge on any atom is 0.149 e. The topological polar surface area (TPSA) is 38.5 Å². The highest BCUT2D eigenvalue weighted by atomic mass is 19.1. The normalized spacial score (nSPS) is 21.4. The Bertz CT molecular complexity index is 384. The summed E-state index contributed by atoms with van der Waals surface area (Å²) in [7, 11) is 2.10. The number of rotatable bonds is 3. The van der Waals surface area contributed by atoms with Gasteiger partial charge in [0.2, 0.25) is 0 Å². The molecule has 4 heteroatoms. The van der Waals surface area contributed by atoms with E-state index in [9.17, 15) is 4.39 Å². The van der Waals surface area contributed by atoms with Crippen molar-refractivity contribution in [3.05, 3.63) is 24.0 Å². The molecule has 2 N–H and O–H groups in total. The zero-order chi connectivity index (χ0) is 12.3. The predicted octanol–water partition coefficient (Wildman–Crippen LogP) is 2.27. The molecule has 94 valence electrons. The Morgan fingerprint density at radius 2 is 2.29 bits per heavy atom. The zero-order valence-corrected chi connectivity index (χ0v) is 10.2. The van der Waals surface area contributed by atoms with E-state index in [4.69, 9.17) is 10.5 Å². The minimum absolute atomic E-state index is 0.103. The fraction of sp³-hybridized carbons (Fsp3) is 0.538. The highest BCUT2D eigenvalue weighted by molar-refractivity contribution is 5.53. The maximum atomic E-state index is 13.2. The van der Waals surface area contributed by atoms with Gasteiger partial charge in [-0.3, -0.25) is 0 Å². The van der Waals surface area contributed by atoms with Crippen LogP contribution in [0.1, 0.15) is 19.3 Å². The molecule has 0 spiro atoms. The van der Waals surface area contributed by atoms with Crippen LogP contribution in [-0.2, 0) is 0 Å². The predicted molar refractivity (Wildman–Crippen MR) is 66.6 cm³/mol. The molecule has 1 aromatic carbocycles. The summed E-state index contributed by atoms with van der Waals surface area (Å²) in [5.74, 6) is 0.0310. The van der Waals surface area contributed by atoms with Gasteiger partial charge in [0.05, 0.1) is 0 Å². The van der Waals surface area contributed by atoms with Gasteiger partial charge in [-0.05, 0) is 38.6 Å². The van der Waals surface area contributed by atoms with E-state index in [0.717, 1.165) is 13.0 Å². The van der Waals surface area contributed by atoms with E-state index in [1.165, 1.54) is 18.9 Å². The SMILES string of the molecule is CN1CCCCC1COc1cccc(F)c1N. The Kier molecular flexibility index (Phi) is 3.84. The summed E-state index contributed by atoms with van der Waals surface area (Å²) in [5, 5.41) is 0. The molecule has 1 aliphatic rings. The summed E-state index contributed by atoms with van der Waals surface area (Å²) in [6.07, 6.45) is 3.61. The fourth-order valence-electron chi connectivity index (χ4n) is 2.18.